The standard InChI is InChI=1S/C23H23O3P/c24-23(27)22-12-20(16-25-14-18-7-3-1-4-8-18)11-21(13-22)17-26-15-19-9-5-2-6-10-19/h1-13H,14-17,27H2. The molecule has 1 atom stereocenters. The molecule has 0 aliphatic carbocycles. The van der Waals surface area contributed by atoms with E-state index in [0.29, 0.717) is 32.0 Å². The molecular formula is C23H23O3P. The number of carbonyl (C=O) groups excluding carboxylic acids is 1. The van der Waals surface area contributed by atoms with Gasteiger partial charge in [0.05, 0.1) is 26.4 Å². The number of benzene rings is 3. The lowest BCUT2D eigenvalue weighted by molar-refractivity contribution is 0.102. The van der Waals surface area contributed by atoms with Crippen molar-refractivity contribution in [1.29, 1.82) is 0 Å². The normalized spacial score (nSPS) is 10.7. The molecule has 0 aliphatic rings. The Kier molecular flexibility index (Phi) is 7.29. The lowest BCUT2D eigenvalue weighted by Gasteiger charge is -2.10. The van der Waals surface area contributed by atoms with E-state index in [1.165, 1.54) is 0 Å². The van der Waals surface area contributed by atoms with E-state index >= 15 is 0 Å². The van der Waals surface area contributed by atoms with Gasteiger partial charge in [0.1, 0.15) is 0 Å². The lowest BCUT2D eigenvalue weighted by atomic mass is 10.1. The van der Waals surface area contributed by atoms with E-state index in [-0.39, 0.29) is 5.52 Å². The van der Waals surface area contributed by atoms with Crippen molar-refractivity contribution in [2.75, 3.05) is 0 Å². The lowest BCUT2D eigenvalue weighted by Crippen LogP contribution is -2.01. The fourth-order valence-corrected chi connectivity index (χ4v) is 2.96. The van der Waals surface area contributed by atoms with Crippen molar-refractivity contribution in [2.45, 2.75) is 26.4 Å². The Labute approximate surface area is 162 Å². The third kappa shape index (κ3) is 6.41. The fraction of sp³-hybridized carbons (Fsp3) is 0.174. The SMILES string of the molecule is O=C(P)c1cc(COCc2ccccc2)cc(COCc2ccccc2)c1. The summed E-state index contributed by atoms with van der Waals surface area (Å²) in [5, 5.41) is 0. The Balaban J connectivity index is 1.60. The first-order valence-corrected chi connectivity index (χ1v) is 9.44. The van der Waals surface area contributed by atoms with Crippen molar-refractivity contribution in [1.82, 2.24) is 0 Å². The predicted molar refractivity (Wildman–Crippen MR) is 110 cm³/mol. The molecule has 0 saturated heterocycles. The van der Waals surface area contributed by atoms with Crippen molar-refractivity contribution >= 4 is 14.8 Å². The zero-order chi connectivity index (χ0) is 18.9. The molecule has 3 rings (SSSR count). The van der Waals surface area contributed by atoms with Gasteiger partial charge in [0.25, 0.3) is 0 Å². The number of hydrogen-bond donors (Lipinski definition) is 0. The largest absolute Gasteiger partial charge is 0.372 e. The maximum Gasteiger partial charge on any atom is 0.178 e. The average Bonchev–Trinajstić information content (AvgIpc) is 2.69. The summed E-state index contributed by atoms with van der Waals surface area (Å²) < 4.78 is 11.6. The van der Waals surface area contributed by atoms with Crippen LogP contribution in [0.1, 0.15) is 32.6 Å². The van der Waals surface area contributed by atoms with Crippen LogP contribution in [-0.2, 0) is 35.9 Å². The highest BCUT2D eigenvalue weighted by atomic mass is 31.0. The van der Waals surface area contributed by atoms with E-state index in [1.54, 1.807) is 0 Å². The second kappa shape index (κ2) is 10.1. The fourth-order valence-electron chi connectivity index (χ4n) is 2.79. The molecule has 1 unspecified atom stereocenters. The third-order valence-electron chi connectivity index (χ3n) is 4.10. The first kappa shape index (κ1) is 19.4. The molecular weight excluding hydrogens is 355 g/mol. The third-order valence-corrected chi connectivity index (χ3v) is 4.43. The second-order valence-corrected chi connectivity index (χ2v) is 6.88. The van der Waals surface area contributed by atoms with Crippen molar-refractivity contribution in [2.24, 2.45) is 0 Å². The van der Waals surface area contributed by atoms with Crippen LogP contribution in [0.15, 0.2) is 78.9 Å². The van der Waals surface area contributed by atoms with Gasteiger partial charge < -0.3 is 9.47 Å². The summed E-state index contributed by atoms with van der Waals surface area (Å²) in [5.74, 6) is 0. The number of rotatable bonds is 9. The molecule has 0 amide bonds. The molecule has 3 aromatic carbocycles. The highest BCUT2D eigenvalue weighted by molar-refractivity contribution is 7.41. The van der Waals surface area contributed by atoms with Gasteiger partial charge in [-0.2, -0.15) is 0 Å². The van der Waals surface area contributed by atoms with Crippen LogP contribution in [0.4, 0.5) is 0 Å². The Hall–Kier alpha value is -2.32. The number of ether oxygens (including phenoxy) is 2. The number of carbonyl (C=O) groups is 1. The van der Waals surface area contributed by atoms with Crippen LogP contribution in [0.25, 0.3) is 0 Å². The molecule has 0 spiro atoms. The van der Waals surface area contributed by atoms with Gasteiger partial charge >= 0.3 is 0 Å². The average molecular weight is 378 g/mol. The van der Waals surface area contributed by atoms with Crippen molar-refractivity contribution in [3.05, 3.63) is 107 Å². The summed E-state index contributed by atoms with van der Waals surface area (Å²) in [7, 11) is 2.23. The zero-order valence-electron chi connectivity index (χ0n) is 15.1. The van der Waals surface area contributed by atoms with Gasteiger partial charge in [0.2, 0.25) is 0 Å². The van der Waals surface area contributed by atoms with Crippen LogP contribution in [0.5, 0.6) is 0 Å². The molecule has 3 nitrogen and oxygen atoms in total. The topological polar surface area (TPSA) is 35.5 Å². The Morgan fingerprint density at radius 1 is 0.630 bits per heavy atom. The van der Waals surface area contributed by atoms with Crippen LogP contribution in [-0.4, -0.2) is 5.52 Å². The minimum atomic E-state index is -0.0378. The summed E-state index contributed by atoms with van der Waals surface area (Å²) in [6.45, 7) is 1.98. The first-order valence-electron chi connectivity index (χ1n) is 8.87. The molecule has 0 heterocycles. The minimum absolute atomic E-state index is 0.0378. The molecule has 0 N–H and O–H groups in total. The second-order valence-electron chi connectivity index (χ2n) is 6.36. The van der Waals surface area contributed by atoms with Gasteiger partial charge in [-0.3, -0.25) is 4.79 Å². The monoisotopic (exact) mass is 378 g/mol. The molecule has 3 aromatic rings. The quantitative estimate of drug-likeness (QED) is 0.484. The van der Waals surface area contributed by atoms with Crippen molar-refractivity contribution in [3.8, 4) is 0 Å². The summed E-state index contributed by atoms with van der Waals surface area (Å²) in [4.78, 5) is 11.8. The van der Waals surface area contributed by atoms with E-state index in [4.69, 9.17) is 9.47 Å². The van der Waals surface area contributed by atoms with E-state index in [9.17, 15) is 4.79 Å². The van der Waals surface area contributed by atoms with E-state index in [0.717, 1.165) is 22.3 Å². The Morgan fingerprint density at radius 2 is 1.04 bits per heavy atom. The molecule has 0 fully saturated rings. The first-order chi connectivity index (χ1) is 13.2. The van der Waals surface area contributed by atoms with Gasteiger partial charge in [-0.05, 0) is 34.4 Å². The maximum absolute atomic E-state index is 11.8. The number of hydrogen-bond acceptors (Lipinski definition) is 3. The maximum atomic E-state index is 11.8. The van der Waals surface area contributed by atoms with Gasteiger partial charge in [-0.25, -0.2) is 0 Å². The summed E-state index contributed by atoms with van der Waals surface area (Å²) >= 11 is 0. The Bertz CT molecular complexity index is 800. The molecule has 0 aromatic heterocycles. The van der Waals surface area contributed by atoms with Crippen LogP contribution in [0, 0.1) is 0 Å². The van der Waals surface area contributed by atoms with Crippen LogP contribution in [0.3, 0.4) is 0 Å². The molecule has 27 heavy (non-hydrogen) atoms. The molecule has 138 valence electrons. The van der Waals surface area contributed by atoms with Crippen LogP contribution < -0.4 is 0 Å². The van der Waals surface area contributed by atoms with Crippen molar-refractivity contribution < 1.29 is 14.3 Å². The van der Waals surface area contributed by atoms with Crippen LogP contribution in [0.2, 0.25) is 0 Å². The van der Waals surface area contributed by atoms with Gasteiger partial charge in [-0.1, -0.05) is 76.0 Å². The zero-order valence-corrected chi connectivity index (χ0v) is 16.3. The van der Waals surface area contributed by atoms with Gasteiger partial charge in [0.15, 0.2) is 5.52 Å². The molecule has 0 radical (unpaired) electrons. The molecule has 0 saturated carbocycles. The van der Waals surface area contributed by atoms with Gasteiger partial charge in [-0.15, -0.1) is 0 Å². The van der Waals surface area contributed by atoms with E-state index in [2.05, 4.69) is 9.24 Å². The highest BCUT2D eigenvalue weighted by Crippen LogP contribution is 2.17. The van der Waals surface area contributed by atoms with Crippen molar-refractivity contribution in [3.63, 3.8) is 0 Å². The smallest absolute Gasteiger partial charge is 0.178 e. The summed E-state index contributed by atoms with van der Waals surface area (Å²) in [6.07, 6.45) is 0. The van der Waals surface area contributed by atoms with Gasteiger partial charge in [0, 0.05) is 5.56 Å². The summed E-state index contributed by atoms with van der Waals surface area (Å²) in [6, 6.07) is 25.9. The Morgan fingerprint density at radius 3 is 1.44 bits per heavy atom. The molecule has 0 bridgehead atoms. The van der Waals surface area contributed by atoms with E-state index in [1.807, 2.05) is 78.9 Å². The van der Waals surface area contributed by atoms with Crippen LogP contribution >= 0.6 is 9.24 Å². The van der Waals surface area contributed by atoms with E-state index < -0.39 is 0 Å². The minimum Gasteiger partial charge on any atom is -0.372 e. The predicted octanol–water partition coefficient (Wildman–Crippen LogP) is 5.14. The molecule has 4 heteroatoms. The molecule has 0 aliphatic heterocycles. The highest BCUT2D eigenvalue weighted by Gasteiger charge is 2.06. The summed E-state index contributed by atoms with van der Waals surface area (Å²) in [5.41, 5.74) is 4.81.